The van der Waals surface area contributed by atoms with E-state index in [1.165, 1.54) is 11.0 Å². The fourth-order valence-electron chi connectivity index (χ4n) is 2.09. The van der Waals surface area contributed by atoms with Crippen LogP contribution in [0.2, 0.25) is 0 Å². The number of nitrogens with zero attached hydrogens (tertiary/aromatic N) is 1. The van der Waals surface area contributed by atoms with E-state index >= 15 is 0 Å². The van der Waals surface area contributed by atoms with Gasteiger partial charge in [0.25, 0.3) is 0 Å². The van der Waals surface area contributed by atoms with E-state index in [0.29, 0.717) is 18.1 Å². The summed E-state index contributed by atoms with van der Waals surface area (Å²) in [7, 11) is 0. The van der Waals surface area contributed by atoms with Crippen LogP contribution >= 0.6 is 11.8 Å². The molecule has 0 aliphatic carbocycles. The van der Waals surface area contributed by atoms with Crippen molar-refractivity contribution in [3.63, 3.8) is 0 Å². The molecule has 8 heteroatoms. The van der Waals surface area contributed by atoms with Gasteiger partial charge < -0.3 is 15.3 Å². The largest absolute Gasteiger partial charge is 0.481 e. The number of para-hydroxylation sites is 1. The van der Waals surface area contributed by atoms with Crippen LogP contribution in [0.3, 0.4) is 0 Å². The second kappa shape index (κ2) is 6.75. The van der Waals surface area contributed by atoms with Crippen molar-refractivity contribution in [3.05, 3.63) is 29.8 Å². The summed E-state index contributed by atoms with van der Waals surface area (Å²) in [6.45, 7) is 0.338. The Balaban J connectivity index is 2.12. The number of nitrogens with one attached hydrogen (secondary N) is 1. The standard InChI is InChI=1S/C13H14F2N2O3S/c14-9-2-1-3-10(15)12(9)16-13(20)17-4-5-21-7-8(17)6-11(18)19/h1-3,8H,4-7H2,(H,16,20)(H,18,19). The van der Waals surface area contributed by atoms with Gasteiger partial charge in [-0.1, -0.05) is 6.07 Å². The Bertz CT molecular complexity index is 536. The van der Waals surface area contributed by atoms with Gasteiger partial charge in [0, 0.05) is 18.1 Å². The fraction of sp³-hybridized carbons (Fsp3) is 0.385. The molecular formula is C13H14F2N2O3S. The number of amides is 2. The zero-order chi connectivity index (χ0) is 15.4. The molecule has 1 aromatic rings. The monoisotopic (exact) mass is 316 g/mol. The summed E-state index contributed by atoms with van der Waals surface area (Å²) in [6.07, 6.45) is -0.194. The lowest BCUT2D eigenvalue weighted by Crippen LogP contribution is -2.49. The molecule has 1 fully saturated rings. The first-order chi connectivity index (χ1) is 9.99. The topological polar surface area (TPSA) is 69.6 Å². The number of carbonyl (C=O) groups is 2. The van der Waals surface area contributed by atoms with Crippen molar-refractivity contribution in [2.75, 3.05) is 23.4 Å². The summed E-state index contributed by atoms with van der Waals surface area (Å²) in [5.74, 6) is -1.62. The molecular weight excluding hydrogens is 302 g/mol. The SMILES string of the molecule is O=C(O)CC1CSCCN1C(=O)Nc1c(F)cccc1F. The van der Waals surface area contributed by atoms with Gasteiger partial charge >= 0.3 is 12.0 Å². The molecule has 0 aromatic heterocycles. The molecule has 1 atom stereocenters. The third-order valence-corrected chi connectivity index (χ3v) is 4.19. The predicted octanol–water partition coefficient (Wildman–Crippen LogP) is 2.39. The summed E-state index contributed by atoms with van der Waals surface area (Å²) in [5, 5.41) is 11.0. The number of thioether (sulfide) groups is 1. The first-order valence-electron chi connectivity index (χ1n) is 6.30. The van der Waals surface area contributed by atoms with Gasteiger partial charge in [-0.25, -0.2) is 13.6 Å². The Morgan fingerprint density at radius 3 is 2.67 bits per heavy atom. The van der Waals surface area contributed by atoms with Crippen LogP contribution < -0.4 is 5.32 Å². The van der Waals surface area contributed by atoms with E-state index in [2.05, 4.69) is 5.32 Å². The molecule has 1 heterocycles. The number of hydrogen-bond acceptors (Lipinski definition) is 3. The molecule has 0 radical (unpaired) electrons. The molecule has 2 amide bonds. The molecule has 21 heavy (non-hydrogen) atoms. The number of urea groups is 1. The van der Waals surface area contributed by atoms with Gasteiger partial charge in [-0.2, -0.15) is 11.8 Å². The number of rotatable bonds is 3. The molecule has 114 valence electrons. The second-order valence-corrected chi connectivity index (χ2v) is 5.70. The van der Waals surface area contributed by atoms with Crippen molar-refractivity contribution in [3.8, 4) is 0 Å². The van der Waals surface area contributed by atoms with Crippen LogP contribution in [0.4, 0.5) is 19.3 Å². The highest BCUT2D eigenvalue weighted by atomic mass is 32.2. The van der Waals surface area contributed by atoms with Crippen molar-refractivity contribution in [1.82, 2.24) is 4.90 Å². The van der Waals surface area contributed by atoms with Crippen LogP contribution in [-0.4, -0.2) is 46.1 Å². The fourth-order valence-corrected chi connectivity index (χ4v) is 3.15. The Morgan fingerprint density at radius 1 is 1.38 bits per heavy atom. The van der Waals surface area contributed by atoms with E-state index in [1.54, 1.807) is 11.8 Å². The highest BCUT2D eigenvalue weighted by Crippen LogP contribution is 2.22. The van der Waals surface area contributed by atoms with E-state index in [9.17, 15) is 18.4 Å². The summed E-state index contributed by atoms with van der Waals surface area (Å²) in [6, 6.07) is 2.10. The van der Waals surface area contributed by atoms with Crippen molar-refractivity contribution in [1.29, 1.82) is 0 Å². The maximum Gasteiger partial charge on any atom is 0.322 e. The minimum absolute atomic E-state index is 0.194. The summed E-state index contributed by atoms with van der Waals surface area (Å²) < 4.78 is 27.0. The van der Waals surface area contributed by atoms with Gasteiger partial charge in [0.05, 0.1) is 12.5 Å². The Morgan fingerprint density at radius 2 is 2.05 bits per heavy atom. The van der Waals surface area contributed by atoms with Gasteiger partial charge in [-0.3, -0.25) is 4.79 Å². The predicted molar refractivity (Wildman–Crippen MR) is 75.4 cm³/mol. The number of halogens is 2. The average Bonchev–Trinajstić information content (AvgIpc) is 2.43. The first kappa shape index (κ1) is 15.6. The highest BCUT2D eigenvalue weighted by molar-refractivity contribution is 7.99. The van der Waals surface area contributed by atoms with Crippen molar-refractivity contribution < 1.29 is 23.5 Å². The van der Waals surface area contributed by atoms with Gasteiger partial charge in [-0.15, -0.1) is 0 Å². The number of benzene rings is 1. The Hall–Kier alpha value is -1.83. The second-order valence-electron chi connectivity index (χ2n) is 4.55. The lowest BCUT2D eigenvalue weighted by atomic mass is 10.2. The maximum atomic E-state index is 13.5. The van der Waals surface area contributed by atoms with E-state index < -0.39 is 35.4 Å². The summed E-state index contributed by atoms with van der Waals surface area (Å²) >= 11 is 1.55. The molecule has 2 N–H and O–H groups in total. The number of carboxylic acid groups (broad SMARTS) is 1. The van der Waals surface area contributed by atoms with Crippen LogP contribution in [0.25, 0.3) is 0 Å². The number of carboxylic acids is 1. The van der Waals surface area contributed by atoms with Gasteiger partial charge in [0.1, 0.15) is 17.3 Å². The zero-order valence-electron chi connectivity index (χ0n) is 11.0. The van der Waals surface area contributed by atoms with Crippen LogP contribution in [0.5, 0.6) is 0 Å². The molecule has 5 nitrogen and oxygen atoms in total. The van der Waals surface area contributed by atoms with Gasteiger partial charge in [-0.05, 0) is 12.1 Å². The first-order valence-corrected chi connectivity index (χ1v) is 7.45. The van der Waals surface area contributed by atoms with Gasteiger partial charge in [0.15, 0.2) is 0 Å². The smallest absolute Gasteiger partial charge is 0.322 e. The minimum atomic E-state index is -1.02. The highest BCUT2D eigenvalue weighted by Gasteiger charge is 2.29. The van der Waals surface area contributed by atoms with E-state index in [-0.39, 0.29) is 6.42 Å². The van der Waals surface area contributed by atoms with E-state index in [0.717, 1.165) is 12.1 Å². The molecule has 0 spiro atoms. The number of hydrogen-bond donors (Lipinski definition) is 2. The lowest BCUT2D eigenvalue weighted by Gasteiger charge is -2.34. The van der Waals surface area contributed by atoms with Gasteiger partial charge in [0.2, 0.25) is 0 Å². The summed E-state index contributed by atoms with van der Waals surface area (Å²) in [5.41, 5.74) is -0.519. The van der Waals surface area contributed by atoms with Crippen LogP contribution in [0.15, 0.2) is 18.2 Å². The summed E-state index contributed by atoms with van der Waals surface area (Å²) in [4.78, 5) is 24.3. The molecule has 0 saturated carbocycles. The molecule has 0 bridgehead atoms. The van der Waals surface area contributed by atoms with Crippen LogP contribution in [0.1, 0.15) is 6.42 Å². The van der Waals surface area contributed by atoms with E-state index in [4.69, 9.17) is 5.11 Å². The van der Waals surface area contributed by atoms with Crippen LogP contribution in [0, 0.1) is 11.6 Å². The van der Waals surface area contributed by atoms with E-state index in [1.807, 2.05) is 0 Å². The number of anilines is 1. The average molecular weight is 316 g/mol. The number of aliphatic carboxylic acids is 1. The molecule has 1 unspecified atom stereocenters. The Kier molecular flexibility index (Phi) is 5.00. The third-order valence-electron chi connectivity index (χ3n) is 3.09. The normalized spacial score (nSPS) is 18.4. The van der Waals surface area contributed by atoms with Crippen LogP contribution in [-0.2, 0) is 4.79 Å². The van der Waals surface area contributed by atoms with Crippen molar-refractivity contribution in [2.45, 2.75) is 12.5 Å². The van der Waals surface area contributed by atoms with Crippen molar-refractivity contribution in [2.24, 2.45) is 0 Å². The molecule has 1 aromatic carbocycles. The zero-order valence-corrected chi connectivity index (χ0v) is 11.8. The molecule has 1 aliphatic rings. The molecule has 1 saturated heterocycles. The Labute approximate surface area is 124 Å². The lowest BCUT2D eigenvalue weighted by molar-refractivity contribution is -0.137. The molecule has 1 aliphatic heterocycles. The molecule has 2 rings (SSSR count). The van der Waals surface area contributed by atoms with Crippen molar-refractivity contribution >= 4 is 29.4 Å². The minimum Gasteiger partial charge on any atom is -0.481 e. The quantitative estimate of drug-likeness (QED) is 0.898. The third kappa shape index (κ3) is 3.84. The number of carbonyl (C=O) groups excluding carboxylic acids is 1. The maximum absolute atomic E-state index is 13.5.